The van der Waals surface area contributed by atoms with Gasteiger partial charge in [0, 0.05) is 6.54 Å². The molecule has 2 fully saturated rings. The predicted octanol–water partition coefficient (Wildman–Crippen LogP) is 1.38. The van der Waals surface area contributed by atoms with Crippen molar-refractivity contribution in [1.82, 2.24) is 5.32 Å². The molecular formula is C13H23NO3. The van der Waals surface area contributed by atoms with Gasteiger partial charge in [-0.2, -0.15) is 0 Å². The Morgan fingerprint density at radius 3 is 2.59 bits per heavy atom. The van der Waals surface area contributed by atoms with E-state index in [2.05, 4.69) is 5.32 Å². The zero-order chi connectivity index (χ0) is 12.3. The zero-order valence-corrected chi connectivity index (χ0v) is 10.3. The fraction of sp³-hybridized carbons (Fsp3) is 0.923. The Hall–Kier alpha value is -0.610. The highest BCUT2D eigenvalue weighted by Crippen LogP contribution is 2.32. The van der Waals surface area contributed by atoms with Crippen molar-refractivity contribution >= 4 is 5.97 Å². The Balaban J connectivity index is 1.72. The van der Waals surface area contributed by atoms with Crippen LogP contribution in [0.15, 0.2) is 0 Å². The van der Waals surface area contributed by atoms with Crippen molar-refractivity contribution in [3.8, 4) is 0 Å². The van der Waals surface area contributed by atoms with Crippen LogP contribution in [0.5, 0.6) is 0 Å². The number of carboxylic acids is 1. The molecule has 0 saturated heterocycles. The Morgan fingerprint density at radius 1 is 1.24 bits per heavy atom. The molecule has 0 bridgehead atoms. The first-order chi connectivity index (χ1) is 8.11. The van der Waals surface area contributed by atoms with E-state index >= 15 is 0 Å². The Morgan fingerprint density at radius 2 is 1.94 bits per heavy atom. The summed E-state index contributed by atoms with van der Waals surface area (Å²) in [5.74, 6) is -0.591. The van der Waals surface area contributed by atoms with E-state index < -0.39 is 11.6 Å². The smallest absolute Gasteiger partial charge is 0.306 e. The summed E-state index contributed by atoms with van der Waals surface area (Å²) in [6.07, 6.45) is 6.82. The number of carboxylic acid groups (broad SMARTS) is 1. The highest BCUT2D eigenvalue weighted by Gasteiger charge is 2.34. The number of hydrogen-bond acceptors (Lipinski definition) is 3. The summed E-state index contributed by atoms with van der Waals surface area (Å²) in [6, 6.07) is 0. The maximum atomic E-state index is 11.0. The molecule has 0 heterocycles. The molecule has 17 heavy (non-hydrogen) atoms. The fourth-order valence-corrected chi connectivity index (χ4v) is 3.31. The van der Waals surface area contributed by atoms with E-state index in [1.54, 1.807) is 0 Å². The van der Waals surface area contributed by atoms with Crippen LogP contribution in [0.3, 0.4) is 0 Å². The first-order valence-corrected chi connectivity index (χ1v) is 6.77. The third kappa shape index (κ3) is 3.19. The van der Waals surface area contributed by atoms with Gasteiger partial charge >= 0.3 is 5.97 Å². The van der Waals surface area contributed by atoms with Crippen molar-refractivity contribution in [1.29, 1.82) is 0 Å². The van der Waals surface area contributed by atoms with Crippen LogP contribution in [-0.4, -0.2) is 34.9 Å². The van der Waals surface area contributed by atoms with E-state index in [0.717, 1.165) is 51.5 Å². The van der Waals surface area contributed by atoms with Crippen LogP contribution < -0.4 is 5.32 Å². The van der Waals surface area contributed by atoms with Gasteiger partial charge in [-0.1, -0.05) is 19.3 Å². The molecule has 2 rings (SSSR count). The van der Waals surface area contributed by atoms with Crippen molar-refractivity contribution in [3.63, 3.8) is 0 Å². The van der Waals surface area contributed by atoms with Crippen LogP contribution in [-0.2, 0) is 4.79 Å². The third-order valence-electron chi connectivity index (χ3n) is 4.37. The van der Waals surface area contributed by atoms with Gasteiger partial charge in [0.05, 0.1) is 11.5 Å². The number of rotatable bonds is 5. The molecule has 0 radical (unpaired) electrons. The third-order valence-corrected chi connectivity index (χ3v) is 4.37. The highest BCUT2D eigenvalue weighted by molar-refractivity contribution is 5.70. The van der Waals surface area contributed by atoms with Gasteiger partial charge in [-0.3, -0.25) is 4.79 Å². The van der Waals surface area contributed by atoms with Crippen LogP contribution in [0.2, 0.25) is 0 Å². The van der Waals surface area contributed by atoms with Gasteiger partial charge in [-0.05, 0) is 38.1 Å². The van der Waals surface area contributed by atoms with Crippen LogP contribution in [0, 0.1) is 11.8 Å². The zero-order valence-electron chi connectivity index (χ0n) is 10.3. The summed E-state index contributed by atoms with van der Waals surface area (Å²) in [4.78, 5) is 11.0. The molecule has 2 atom stereocenters. The molecule has 4 nitrogen and oxygen atoms in total. The summed E-state index contributed by atoms with van der Waals surface area (Å²) >= 11 is 0. The minimum Gasteiger partial charge on any atom is -0.481 e. The first kappa shape index (κ1) is 12.8. The lowest BCUT2D eigenvalue weighted by molar-refractivity contribution is -0.142. The van der Waals surface area contributed by atoms with E-state index in [0.29, 0.717) is 6.54 Å². The van der Waals surface area contributed by atoms with E-state index in [4.69, 9.17) is 5.11 Å². The van der Waals surface area contributed by atoms with Gasteiger partial charge in [0.25, 0.3) is 0 Å². The highest BCUT2D eigenvalue weighted by atomic mass is 16.4. The summed E-state index contributed by atoms with van der Waals surface area (Å²) in [5, 5.41) is 22.5. The van der Waals surface area contributed by atoms with Gasteiger partial charge in [-0.25, -0.2) is 0 Å². The van der Waals surface area contributed by atoms with Crippen molar-refractivity contribution in [3.05, 3.63) is 0 Å². The molecule has 0 amide bonds. The van der Waals surface area contributed by atoms with Gasteiger partial charge in [0.15, 0.2) is 0 Å². The van der Waals surface area contributed by atoms with Crippen LogP contribution in [0.1, 0.15) is 44.9 Å². The summed E-state index contributed by atoms with van der Waals surface area (Å²) < 4.78 is 0. The maximum Gasteiger partial charge on any atom is 0.306 e. The normalized spacial score (nSPS) is 31.8. The molecular weight excluding hydrogens is 218 g/mol. The van der Waals surface area contributed by atoms with Gasteiger partial charge in [-0.15, -0.1) is 0 Å². The summed E-state index contributed by atoms with van der Waals surface area (Å²) in [6.45, 7) is 1.36. The first-order valence-electron chi connectivity index (χ1n) is 6.77. The average Bonchev–Trinajstić information content (AvgIpc) is 2.87. The van der Waals surface area contributed by atoms with E-state index in [1.807, 2.05) is 0 Å². The second kappa shape index (κ2) is 5.36. The molecule has 4 heteroatoms. The van der Waals surface area contributed by atoms with Gasteiger partial charge in [0.2, 0.25) is 0 Å². The molecule has 0 aromatic heterocycles. The van der Waals surface area contributed by atoms with Gasteiger partial charge < -0.3 is 15.5 Å². The standard InChI is InChI=1S/C13H23NO3/c15-12(16)11-5-3-4-10(11)8-14-9-13(17)6-1-2-7-13/h10-11,14,17H,1-9H2,(H,15,16). The quantitative estimate of drug-likeness (QED) is 0.680. The second-order valence-corrected chi connectivity index (χ2v) is 5.70. The monoisotopic (exact) mass is 241 g/mol. The lowest BCUT2D eigenvalue weighted by Gasteiger charge is -2.24. The van der Waals surface area contributed by atoms with Crippen LogP contribution in [0.4, 0.5) is 0 Å². The topological polar surface area (TPSA) is 69.6 Å². The van der Waals surface area contributed by atoms with Crippen molar-refractivity contribution < 1.29 is 15.0 Å². The van der Waals surface area contributed by atoms with Crippen LogP contribution in [0.25, 0.3) is 0 Å². The van der Waals surface area contributed by atoms with Crippen molar-refractivity contribution in [2.24, 2.45) is 11.8 Å². The summed E-state index contributed by atoms with van der Waals surface area (Å²) in [7, 11) is 0. The number of hydrogen-bond donors (Lipinski definition) is 3. The Kier molecular flexibility index (Phi) is 4.05. The van der Waals surface area contributed by atoms with E-state index in [1.165, 1.54) is 0 Å². The lowest BCUT2D eigenvalue weighted by atomic mass is 9.95. The number of carbonyl (C=O) groups is 1. The summed E-state index contributed by atoms with van der Waals surface area (Å²) in [5.41, 5.74) is -0.530. The van der Waals surface area contributed by atoms with Gasteiger partial charge in [0.1, 0.15) is 0 Å². The van der Waals surface area contributed by atoms with Crippen molar-refractivity contribution in [2.45, 2.75) is 50.5 Å². The molecule has 0 aliphatic heterocycles. The Labute approximate surface area is 102 Å². The van der Waals surface area contributed by atoms with E-state index in [9.17, 15) is 9.90 Å². The maximum absolute atomic E-state index is 11.0. The number of aliphatic carboxylic acids is 1. The molecule has 0 spiro atoms. The molecule has 0 aromatic carbocycles. The largest absolute Gasteiger partial charge is 0.481 e. The molecule has 2 unspecified atom stereocenters. The second-order valence-electron chi connectivity index (χ2n) is 5.70. The molecule has 3 N–H and O–H groups in total. The predicted molar refractivity (Wildman–Crippen MR) is 64.8 cm³/mol. The fourth-order valence-electron chi connectivity index (χ4n) is 3.31. The molecule has 2 aliphatic carbocycles. The molecule has 0 aromatic rings. The molecule has 2 saturated carbocycles. The average molecular weight is 241 g/mol. The van der Waals surface area contributed by atoms with E-state index in [-0.39, 0.29) is 11.8 Å². The minimum absolute atomic E-state index is 0.180. The lowest BCUT2D eigenvalue weighted by Crippen LogP contribution is -2.40. The minimum atomic E-state index is -0.658. The number of aliphatic hydroxyl groups is 1. The van der Waals surface area contributed by atoms with Crippen molar-refractivity contribution in [2.75, 3.05) is 13.1 Å². The molecule has 2 aliphatic rings. The Bertz CT molecular complexity index is 274. The van der Waals surface area contributed by atoms with Crippen LogP contribution >= 0.6 is 0 Å². The number of nitrogens with one attached hydrogen (secondary N) is 1. The molecule has 98 valence electrons. The SMILES string of the molecule is O=C(O)C1CCCC1CNCC1(O)CCCC1.